The number of carboxylic acid groups (broad SMARTS) is 1. The first kappa shape index (κ1) is 11.6. The zero-order valence-electron chi connectivity index (χ0n) is 10.1. The molecule has 0 saturated heterocycles. The van der Waals surface area contributed by atoms with Crippen molar-refractivity contribution in [2.75, 3.05) is 0 Å². The average molecular weight is 233 g/mol. The van der Waals surface area contributed by atoms with E-state index in [-0.39, 0.29) is 6.42 Å². The lowest BCUT2D eigenvalue weighted by molar-refractivity contribution is -0.138. The van der Waals surface area contributed by atoms with E-state index in [2.05, 4.69) is 9.97 Å². The predicted molar refractivity (Wildman–Crippen MR) is 63.8 cm³/mol. The summed E-state index contributed by atoms with van der Waals surface area (Å²) in [7, 11) is 1.88. The molecule has 1 N–H and O–H groups in total. The monoisotopic (exact) mass is 233 g/mol. The lowest BCUT2D eigenvalue weighted by atomic mass is 9.88. The van der Waals surface area contributed by atoms with E-state index in [0.29, 0.717) is 0 Å². The van der Waals surface area contributed by atoms with Crippen LogP contribution >= 0.6 is 0 Å². The van der Waals surface area contributed by atoms with Crippen LogP contribution in [0.5, 0.6) is 0 Å². The summed E-state index contributed by atoms with van der Waals surface area (Å²) in [6.45, 7) is 3.77. The van der Waals surface area contributed by atoms with Crippen molar-refractivity contribution in [2.45, 2.75) is 25.7 Å². The van der Waals surface area contributed by atoms with Crippen molar-refractivity contribution < 1.29 is 9.90 Å². The molecule has 2 aromatic heterocycles. The van der Waals surface area contributed by atoms with Gasteiger partial charge in [-0.05, 0) is 6.07 Å². The van der Waals surface area contributed by atoms with Crippen LogP contribution in [0.2, 0.25) is 0 Å². The minimum absolute atomic E-state index is 0.0532. The van der Waals surface area contributed by atoms with E-state index < -0.39 is 11.4 Å². The molecule has 2 heterocycles. The summed E-state index contributed by atoms with van der Waals surface area (Å²) in [4.78, 5) is 19.4. The molecule has 5 heteroatoms. The Balaban J connectivity index is 2.55. The SMILES string of the molecule is Cn1c(C(C)(C)CC(=O)O)nc2ccncc21. The number of aromatic nitrogens is 3. The van der Waals surface area contributed by atoms with Crippen molar-refractivity contribution in [3.05, 3.63) is 24.3 Å². The lowest BCUT2D eigenvalue weighted by Crippen LogP contribution is -2.25. The van der Waals surface area contributed by atoms with Gasteiger partial charge in [-0.3, -0.25) is 9.78 Å². The molecule has 0 amide bonds. The maximum absolute atomic E-state index is 10.9. The second kappa shape index (κ2) is 3.84. The number of carboxylic acids is 1. The number of aryl methyl sites for hydroxylation is 1. The van der Waals surface area contributed by atoms with Crippen molar-refractivity contribution in [1.29, 1.82) is 0 Å². The summed E-state index contributed by atoms with van der Waals surface area (Å²) in [5, 5.41) is 8.93. The third kappa shape index (κ3) is 2.00. The molecule has 0 unspecified atom stereocenters. The van der Waals surface area contributed by atoms with Crippen molar-refractivity contribution >= 4 is 17.0 Å². The number of hydrogen-bond donors (Lipinski definition) is 1. The largest absolute Gasteiger partial charge is 0.481 e. The quantitative estimate of drug-likeness (QED) is 0.876. The minimum atomic E-state index is -0.819. The Bertz CT molecular complexity index is 572. The molecular weight excluding hydrogens is 218 g/mol. The Morgan fingerprint density at radius 3 is 2.82 bits per heavy atom. The smallest absolute Gasteiger partial charge is 0.304 e. The topological polar surface area (TPSA) is 68.0 Å². The minimum Gasteiger partial charge on any atom is -0.481 e. The van der Waals surface area contributed by atoms with Crippen LogP contribution in [-0.2, 0) is 17.3 Å². The molecule has 0 aromatic carbocycles. The van der Waals surface area contributed by atoms with E-state index in [1.807, 2.05) is 31.5 Å². The molecule has 0 radical (unpaired) electrons. The highest BCUT2D eigenvalue weighted by Gasteiger charge is 2.29. The summed E-state index contributed by atoms with van der Waals surface area (Å²) in [6.07, 6.45) is 3.48. The Hall–Kier alpha value is -1.91. The van der Waals surface area contributed by atoms with E-state index in [4.69, 9.17) is 5.11 Å². The molecule has 2 rings (SSSR count). The highest BCUT2D eigenvalue weighted by Crippen LogP contribution is 2.28. The van der Waals surface area contributed by atoms with Crippen LogP contribution in [0, 0.1) is 0 Å². The Morgan fingerprint density at radius 1 is 1.53 bits per heavy atom. The van der Waals surface area contributed by atoms with Crippen LogP contribution in [0.4, 0.5) is 0 Å². The summed E-state index contributed by atoms with van der Waals surface area (Å²) >= 11 is 0. The standard InChI is InChI=1S/C12H15N3O2/c1-12(2,6-10(16)17)11-14-8-4-5-13-7-9(8)15(11)3/h4-5,7H,6H2,1-3H3,(H,16,17). The maximum atomic E-state index is 10.9. The molecule has 0 spiro atoms. The van der Waals surface area contributed by atoms with Gasteiger partial charge in [0, 0.05) is 18.7 Å². The lowest BCUT2D eigenvalue weighted by Gasteiger charge is -2.21. The fraction of sp³-hybridized carbons (Fsp3) is 0.417. The molecule has 0 atom stereocenters. The number of rotatable bonds is 3. The molecule has 5 nitrogen and oxygen atoms in total. The second-order valence-electron chi connectivity index (χ2n) is 4.81. The molecular formula is C12H15N3O2. The number of nitrogens with zero attached hydrogens (tertiary/aromatic N) is 3. The number of hydrogen-bond acceptors (Lipinski definition) is 3. The number of carbonyl (C=O) groups is 1. The fourth-order valence-corrected chi connectivity index (χ4v) is 2.10. The van der Waals surface area contributed by atoms with Gasteiger partial charge >= 0.3 is 5.97 Å². The summed E-state index contributed by atoms with van der Waals surface area (Å²) in [5.74, 6) is -0.0527. The average Bonchev–Trinajstić information content (AvgIpc) is 2.56. The van der Waals surface area contributed by atoms with Crippen molar-refractivity contribution in [3.8, 4) is 0 Å². The summed E-state index contributed by atoms with van der Waals surface area (Å²) in [5.41, 5.74) is 1.26. The summed E-state index contributed by atoms with van der Waals surface area (Å²) < 4.78 is 1.91. The highest BCUT2D eigenvalue weighted by molar-refractivity contribution is 5.75. The zero-order chi connectivity index (χ0) is 12.6. The fourth-order valence-electron chi connectivity index (χ4n) is 2.10. The van der Waals surface area contributed by atoms with Crippen LogP contribution in [-0.4, -0.2) is 25.6 Å². The third-order valence-electron chi connectivity index (χ3n) is 2.88. The number of imidazole rings is 1. The van der Waals surface area contributed by atoms with Crippen molar-refractivity contribution in [3.63, 3.8) is 0 Å². The van der Waals surface area contributed by atoms with Crippen LogP contribution in [0.15, 0.2) is 18.5 Å². The molecule has 0 aliphatic heterocycles. The first-order valence-corrected chi connectivity index (χ1v) is 5.40. The van der Waals surface area contributed by atoms with Gasteiger partial charge in [0.05, 0.1) is 23.7 Å². The number of pyridine rings is 1. The van der Waals surface area contributed by atoms with Gasteiger partial charge in [-0.1, -0.05) is 13.8 Å². The number of fused-ring (bicyclic) bond motifs is 1. The number of aliphatic carboxylic acids is 1. The third-order valence-corrected chi connectivity index (χ3v) is 2.88. The predicted octanol–water partition coefficient (Wildman–Crippen LogP) is 1.72. The van der Waals surface area contributed by atoms with Gasteiger partial charge in [0.1, 0.15) is 5.82 Å². The van der Waals surface area contributed by atoms with Crippen LogP contribution < -0.4 is 0 Å². The Labute approximate surface area is 99.1 Å². The van der Waals surface area contributed by atoms with Gasteiger partial charge in [-0.2, -0.15) is 0 Å². The summed E-state index contributed by atoms with van der Waals surface area (Å²) in [6, 6.07) is 1.83. The van der Waals surface area contributed by atoms with E-state index in [9.17, 15) is 4.79 Å². The molecule has 0 bridgehead atoms. The van der Waals surface area contributed by atoms with E-state index >= 15 is 0 Å². The van der Waals surface area contributed by atoms with E-state index in [0.717, 1.165) is 16.9 Å². The van der Waals surface area contributed by atoms with Crippen LogP contribution in [0.1, 0.15) is 26.1 Å². The van der Waals surface area contributed by atoms with Gasteiger partial charge in [0.15, 0.2) is 0 Å². The molecule has 0 fully saturated rings. The van der Waals surface area contributed by atoms with E-state index in [1.165, 1.54) is 0 Å². The maximum Gasteiger partial charge on any atom is 0.304 e. The molecule has 0 aliphatic carbocycles. The van der Waals surface area contributed by atoms with Crippen molar-refractivity contribution in [1.82, 2.24) is 14.5 Å². The normalized spacial score (nSPS) is 11.9. The Kier molecular flexibility index (Phi) is 2.61. The van der Waals surface area contributed by atoms with Gasteiger partial charge in [0.25, 0.3) is 0 Å². The van der Waals surface area contributed by atoms with Gasteiger partial charge in [-0.15, -0.1) is 0 Å². The second-order valence-corrected chi connectivity index (χ2v) is 4.81. The molecule has 90 valence electrons. The molecule has 0 aliphatic rings. The molecule has 17 heavy (non-hydrogen) atoms. The van der Waals surface area contributed by atoms with Gasteiger partial charge < -0.3 is 9.67 Å². The highest BCUT2D eigenvalue weighted by atomic mass is 16.4. The van der Waals surface area contributed by atoms with Crippen LogP contribution in [0.25, 0.3) is 11.0 Å². The van der Waals surface area contributed by atoms with Crippen molar-refractivity contribution in [2.24, 2.45) is 7.05 Å². The van der Waals surface area contributed by atoms with Gasteiger partial charge in [-0.25, -0.2) is 4.98 Å². The molecule has 0 saturated carbocycles. The first-order valence-electron chi connectivity index (χ1n) is 5.40. The Morgan fingerprint density at radius 2 is 2.24 bits per heavy atom. The molecule has 2 aromatic rings. The first-order chi connectivity index (χ1) is 7.92. The van der Waals surface area contributed by atoms with Gasteiger partial charge in [0.2, 0.25) is 0 Å². The van der Waals surface area contributed by atoms with Crippen LogP contribution in [0.3, 0.4) is 0 Å². The van der Waals surface area contributed by atoms with E-state index in [1.54, 1.807) is 12.4 Å². The zero-order valence-corrected chi connectivity index (χ0v) is 10.1.